The maximum absolute atomic E-state index is 12.2. The summed E-state index contributed by atoms with van der Waals surface area (Å²) >= 11 is 0. The van der Waals surface area contributed by atoms with Gasteiger partial charge in [0.2, 0.25) is 0 Å². The quantitative estimate of drug-likeness (QED) is 0.761. The molecular formula is C11H18NO4P. The molecule has 1 heterocycles. The fourth-order valence-corrected chi connectivity index (χ4v) is 3.10. The van der Waals surface area contributed by atoms with Crippen molar-refractivity contribution in [1.29, 1.82) is 0 Å². The van der Waals surface area contributed by atoms with Gasteiger partial charge in [-0.2, -0.15) is 0 Å². The number of rotatable bonds is 7. The lowest BCUT2D eigenvalue weighted by atomic mass is 10.2. The minimum atomic E-state index is -3.23. The van der Waals surface area contributed by atoms with Crippen molar-refractivity contribution in [3.8, 4) is 0 Å². The van der Waals surface area contributed by atoms with Gasteiger partial charge in [-0.25, -0.2) is 0 Å². The lowest BCUT2D eigenvalue weighted by Crippen LogP contribution is -2.09. The standard InChI is InChI=1S/C11H18NO4P/c1-3-15-17(14,16-4-2)9-11(13)10-7-5-6-8-12-10/h5-8,11,13H,3-4,9H2,1-2H3/t11-/m1/s1. The zero-order valence-corrected chi connectivity index (χ0v) is 11.0. The Bertz CT molecular complexity index is 361. The van der Waals surface area contributed by atoms with Crippen LogP contribution < -0.4 is 0 Å². The van der Waals surface area contributed by atoms with Gasteiger partial charge in [-0.3, -0.25) is 9.55 Å². The molecular weight excluding hydrogens is 241 g/mol. The first kappa shape index (κ1) is 14.3. The van der Waals surface area contributed by atoms with E-state index in [4.69, 9.17) is 9.05 Å². The van der Waals surface area contributed by atoms with Crippen LogP contribution in [0.15, 0.2) is 24.4 Å². The molecule has 1 rings (SSSR count). The van der Waals surface area contributed by atoms with Crippen LogP contribution in [0.5, 0.6) is 0 Å². The Kier molecular flexibility index (Phi) is 5.78. The second-order valence-electron chi connectivity index (χ2n) is 3.40. The highest BCUT2D eigenvalue weighted by atomic mass is 31.2. The highest BCUT2D eigenvalue weighted by Gasteiger charge is 2.28. The number of hydrogen-bond acceptors (Lipinski definition) is 5. The van der Waals surface area contributed by atoms with E-state index in [1.807, 2.05) is 0 Å². The van der Waals surface area contributed by atoms with Gasteiger partial charge in [0.1, 0.15) is 6.10 Å². The minimum Gasteiger partial charge on any atom is -0.386 e. The Morgan fingerprint density at radius 2 is 2.00 bits per heavy atom. The molecule has 0 aliphatic carbocycles. The maximum atomic E-state index is 12.2. The van der Waals surface area contributed by atoms with Gasteiger partial charge < -0.3 is 14.2 Å². The summed E-state index contributed by atoms with van der Waals surface area (Å²) in [7, 11) is -3.23. The van der Waals surface area contributed by atoms with Crippen LogP contribution in [0.25, 0.3) is 0 Å². The molecule has 0 unspecified atom stereocenters. The van der Waals surface area contributed by atoms with Crippen LogP contribution in [-0.4, -0.2) is 29.5 Å². The molecule has 1 aromatic heterocycles. The van der Waals surface area contributed by atoms with Gasteiger partial charge in [-0.15, -0.1) is 0 Å². The third kappa shape index (κ3) is 4.56. The zero-order chi connectivity index (χ0) is 12.7. The number of aliphatic hydroxyl groups is 1. The molecule has 0 bridgehead atoms. The zero-order valence-electron chi connectivity index (χ0n) is 10.1. The summed E-state index contributed by atoms with van der Waals surface area (Å²) in [5, 5.41) is 9.91. The van der Waals surface area contributed by atoms with Crippen LogP contribution in [0.2, 0.25) is 0 Å². The van der Waals surface area contributed by atoms with Crippen molar-refractivity contribution in [1.82, 2.24) is 4.98 Å². The second kappa shape index (κ2) is 6.87. The maximum Gasteiger partial charge on any atom is 0.333 e. The lowest BCUT2D eigenvalue weighted by Gasteiger charge is -2.19. The van der Waals surface area contributed by atoms with E-state index >= 15 is 0 Å². The fourth-order valence-electron chi connectivity index (χ4n) is 1.41. The number of hydrogen-bond donors (Lipinski definition) is 1. The summed E-state index contributed by atoms with van der Waals surface area (Å²) in [6.45, 7) is 4.04. The van der Waals surface area contributed by atoms with Crippen LogP contribution in [0.3, 0.4) is 0 Å². The van der Waals surface area contributed by atoms with Crippen LogP contribution in [0.4, 0.5) is 0 Å². The largest absolute Gasteiger partial charge is 0.386 e. The Hall–Kier alpha value is -0.740. The van der Waals surface area contributed by atoms with E-state index in [2.05, 4.69) is 4.98 Å². The molecule has 17 heavy (non-hydrogen) atoms. The summed E-state index contributed by atoms with van der Waals surface area (Å²) in [5.41, 5.74) is 0.465. The Labute approximate surface area is 101 Å². The molecule has 0 saturated heterocycles. The number of aromatic nitrogens is 1. The molecule has 96 valence electrons. The summed E-state index contributed by atoms with van der Waals surface area (Å²) < 4.78 is 22.4. The van der Waals surface area contributed by atoms with E-state index in [0.717, 1.165) is 0 Å². The second-order valence-corrected chi connectivity index (χ2v) is 5.50. The lowest BCUT2D eigenvalue weighted by molar-refractivity contribution is 0.167. The van der Waals surface area contributed by atoms with Gasteiger partial charge in [0, 0.05) is 6.20 Å². The molecule has 0 amide bonds. The monoisotopic (exact) mass is 259 g/mol. The first-order valence-electron chi connectivity index (χ1n) is 5.58. The Balaban J connectivity index is 2.71. The molecule has 6 heteroatoms. The molecule has 0 radical (unpaired) electrons. The Morgan fingerprint density at radius 1 is 1.35 bits per heavy atom. The molecule has 0 aliphatic heterocycles. The number of pyridine rings is 1. The van der Waals surface area contributed by atoms with Gasteiger partial charge in [0.05, 0.1) is 25.1 Å². The smallest absolute Gasteiger partial charge is 0.333 e. The van der Waals surface area contributed by atoms with Gasteiger partial charge in [0.15, 0.2) is 0 Å². The molecule has 0 spiro atoms. The third-order valence-electron chi connectivity index (χ3n) is 2.08. The first-order valence-corrected chi connectivity index (χ1v) is 7.31. The molecule has 0 fully saturated rings. The number of nitrogens with zero attached hydrogens (tertiary/aromatic N) is 1. The van der Waals surface area contributed by atoms with Crippen molar-refractivity contribution in [3.05, 3.63) is 30.1 Å². The third-order valence-corrected chi connectivity index (χ3v) is 4.17. The topological polar surface area (TPSA) is 68.7 Å². The van der Waals surface area contributed by atoms with E-state index in [-0.39, 0.29) is 19.4 Å². The van der Waals surface area contributed by atoms with Crippen molar-refractivity contribution < 1.29 is 18.7 Å². The van der Waals surface area contributed by atoms with Crippen LogP contribution in [0, 0.1) is 0 Å². The molecule has 1 atom stereocenters. The van der Waals surface area contributed by atoms with E-state index in [9.17, 15) is 9.67 Å². The van der Waals surface area contributed by atoms with E-state index in [0.29, 0.717) is 5.69 Å². The fraction of sp³-hybridized carbons (Fsp3) is 0.545. The van der Waals surface area contributed by atoms with Crippen LogP contribution in [0.1, 0.15) is 25.6 Å². The van der Waals surface area contributed by atoms with Gasteiger partial charge >= 0.3 is 7.60 Å². The van der Waals surface area contributed by atoms with E-state index < -0.39 is 13.7 Å². The van der Waals surface area contributed by atoms with Crippen molar-refractivity contribution in [3.63, 3.8) is 0 Å². The van der Waals surface area contributed by atoms with Crippen LogP contribution >= 0.6 is 7.60 Å². The SMILES string of the molecule is CCOP(=O)(C[C@@H](O)c1ccccn1)OCC. The summed E-state index contributed by atoms with van der Waals surface area (Å²) in [6.07, 6.45) is 0.552. The molecule has 0 saturated carbocycles. The van der Waals surface area contributed by atoms with Crippen molar-refractivity contribution in [2.45, 2.75) is 20.0 Å². The number of aliphatic hydroxyl groups excluding tert-OH is 1. The highest BCUT2D eigenvalue weighted by Crippen LogP contribution is 2.50. The minimum absolute atomic E-state index is 0.0777. The van der Waals surface area contributed by atoms with E-state index in [1.54, 1.807) is 38.2 Å². The first-order chi connectivity index (χ1) is 8.11. The average molecular weight is 259 g/mol. The summed E-state index contributed by atoms with van der Waals surface area (Å²) in [5.74, 6) is 0. The van der Waals surface area contributed by atoms with Crippen molar-refractivity contribution >= 4 is 7.60 Å². The highest BCUT2D eigenvalue weighted by molar-refractivity contribution is 7.53. The van der Waals surface area contributed by atoms with Crippen LogP contribution in [-0.2, 0) is 13.6 Å². The summed E-state index contributed by atoms with van der Waals surface area (Å²) in [4.78, 5) is 4.00. The molecule has 1 aromatic rings. The van der Waals surface area contributed by atoms with Gasteiger partial charge in [-0.1, -0.05) is 6.07 Å². The predicted octanol–water partition coefficient (Wildman–Crippen LogP) is 2.38. The molecule has 0 aromatic carbocycles. The van der Waals surface area contributed by atoms with Gasteiger partial charge in [-0.05, 0) is 26.0 Å². The van der Waals surface area contributed by atoms with Crippen molar-refractivity contribution in [2.24, 2.45) is 0 Å². The Morgan fingerprint density at radius 3 is 2.47 bits per heavy atom. The summed E-state index contributed by atoms with van der Waals surface area (Å²) in [6, 6.07) is 5.19. The van der Waals surface area contributed by atoms with Crippen molar-refractivity contribution in [2.75, 3.05) is 19.4 Å². The van der Waals surface area contributed by atoms with Gasteiger partial charge in [0.25, 0.3) is 0 Å². The molecule has 1 N–H and O–H groups in total. The molecule has 5 nitrogen and oxygen atoms in total. The molecule has 0 aliphatic rings. The normalized spacial score (nSPS) is 13.6. The predicted molar refractivity (Wildman–Crippen MR) is 64.9 cm³/mol. The van der Waals surface area contributed by atoms with E-state index in [1.165, 1.54) is 0 Å². The average Bonchev–Trinajstić information content (AvgIpc) is 2.30.